The summed E-state index contributed by atoms with van der Waals surface area (Å²) in [6.45, 7) is 8.87. The summed E-state index contributed by atoms with van der Waals surface area (Å²) >= 11 is 8.34. The largest absolute Gasteiger partial charge is 0.462 e. The Morgan fingerprint density at radius 2 is 1.91 bits per heavy atom. The number of carbonyl (C=O) groups is 2. The number of carbonyl (C=O) groups excluding carboxylic acids is 2. The lowest BCUT2D eigenvalue weighted by atomic mass is 10.1. The van der Waals surface area contributed by atoms with Crippen molar-refractivity contribution < 1.29 is 19.1 Å². The van der Waals surface area contributed by atoms with Crippen molar-refractivity contribution in [3.63, 3.8) is 0 Å². The van der Waals surface area contributed by atoms with Gasteiger partial charge >= 0.3 is 11.9 Å². The van der Waals surface area contributed by atoms with Gasteiger partial charge in [-0.1, -0.05) is 23.7 Å². The third-order valence-electron chi connectivity index (χ3n) is 4.55. The van der Waals surface area contributed by atoms with Crippen molar-refractivity contribution in [1.29, 1.82) is 5.26 Å². The van der Waals surface area contributed by atoms with Gasteiger partial charge in [0.1, 0.15) is 32.1 Å². The molecule has 0 amide bonds. The highest BCUT2D eigenvalue weighted by Crippen LogP contribution is 2.36. The van der Waals surface area contributed by atoms with Crippen LogP contribution in [-0.4, -0.2) is 29.1 Å². The number of nitrogens with one attached hydrogen (secondary N) is 1. The topological polar surface area (TPSA) is 101 Å². The molecule has 2 heterocycles. The average Bonchev–Trinajstić information content (AvgIpc) is 3.39. The van der Waals surface area contributed by atoms with Crippen molar-refractivity contribution in [2.75, 3.05) is 11.9 Å². The Morgan fingerprint density at radius 1 is 1.23 bits per heavy atom. The van der Waals surface area contributed by atoms with Gasteiger partial charge in [-0.2, -0.15) is 5.26 Å². The first-order chi connectivity index (χ1) is 16.5. The van der Waals surface area contributed by atoms with Crippen molar-refractivity contribution in [2.24, 2.45) is 0 Å². The van der Waals surface area contributed by atoms with Crippen LogP contribution in [0.3, 0.4) is 0 Å². The number of halogens is 1. The summed E-state index contributed by atoms with van der Waals surface area (Å²) in [5.41, 5.74) is 1.86. The van der Waals surface area contributed by atoms with Gasteiger partial charge < -0.3 is 14.8 Å². The molecule has 35 heavy (non-hydrogen) atoms. The molecule has 7 nitrogen and oxygen atoms in total. The Morgan fingerprint density at radius 3 is 2.51 bits per heavy atom. The lowest BCUT2D eigenvalue weighted by molar-refractivity contribution is 0.00745. The number of hydrogen-bond acceptors (Lipinski definition) is 9. The number of esters is 2. The van der Waals surface area contributed by atoms with Gasteiger partial charge in [0.15, 0.2) is 0 Å². The van der Waals surface area contributed by atoms with E-state index < -0.39 is 17.5 Å². The van der Waals surface area contributed by atoms with E-state index in [0.717, 1.165) is 16.9 Å². The van der Waals surface area contributed by atoms with Crippen LogP contribution in [0.4, 0.5) is 5.00 Å². The standard InChI is InChI=1S/C25H24ClN3O4S2/c1-6-32-23(30)19-14(2)20(24(31)33-25(3,4)5)35-22(19)28-12-16(11-27)21-29-18(13-34-21)15-7-9-17(26)10-8-15/h7-10,12-13,28H,6H2,1-5H3/b16-12-. The summed E-state index contributed by atoms with van der Waals surface area (Å²) in [6.07, 6.45) is 1.47. The fourth-order valence-electron chi connectivity index (χ4n) is 3.01. The number of allylic oxidation sites excluding steroid dienone is 1. The molecule has 0 saturated carbocycles. The van der Waals surface area contributed by atoms with Crippen molar-refractivity contribution in [2.45, 2.75) is 40.2 Å². The number of hydrogen-bond donors (Lipinski definition) is 1. The normalized spacial score (nSPS) is 11.6. The highest BCUT2D eigenvalue weighted by Gasteiger charge is 2.28. The van der Waals surface area contributed by atoms with Gasteiger partial charge in [-0.05, 0) is 52.3 Å². The maximum atomic E-state index is 12.7. The zero-order chi connectivity index (χ0) is 25.8. The number of benzene rings is 1. The maximum Gasteiger partial charge on any atom is 0.349 e. The molecule has 10 heteroatoms. The second-order valence-corrected chi connectivity index (χ2v) is 10.7. The molecule has 3 rings (SSSR count). The van der Waals surface area contributed by atoms with Crippen LogP contribution in [0.15, 0.2) is 35.8 Å². The summed E-state index contributed by atoms with van der Waals surface area (Å²) in [7, 11) is 0. The molecule has 0 aliphatic rings. The van der Waals surface area contributed by atoms with Gasteiger partial charge in [0.05, 0.1) is 17.9 Å². The first-order valence-corrected chi connectivity index (χ1v) is 12.7. The van der Waals surface area contributed by atoms with Crippen molar-refractivity contribution in [3.05, 3.63) is 61.9 Å². The van der Waals surface area contributed by atoms with Crippen molar-refractivity contribution >= 4 is 56.8 Å². The number of aromatic nitrogens is 1. The molecule has 0 saturated heterocycles. The summed E-state index contributed by atoms with van der Waals surface area (Å²) in [5.74, 6) is -1.10. The van der Waals surface area contributed by atoms with Crippen LogP contribution >= 0.6 is 34.3 Å². The number of ether oxygens (including phenoxy) is 2. The molecule has 0 unspecified atom stereocenters. The first kappa shape index (κ1) is 26.4. The summed E-state index contributed by atoms with van der Waals surface area (Å²) < 4.78 is 10.7. The van der Waals surface area contributed by atoms with E-state index in [4.69, 9.17) is 21.1 Å². The number of thiophene rings is 1. The fraction of sp³-hybridized carbons (Fsp3) is 0.280. The quantitative estimate of drug-likeness (QED) is 0.261. The molecule has 1 aromatic carbocycles. The predicted molar refractivity (Wildman–Crippen MR) is 140 cm³/mol. The molecule has 0 spiro atoms. The monoisotopic (exact) mass is 529 g/mol. The van der Waals surface area contributed by atoms with E-state index in [0.29, 0.717) is 26.3 Å². The molecular weight excluding hydrogens is 506 g/mol. The van der Waals surface area contributed by atoms with E-state index in [-0.39, 0.29) is 22.6 Å². The van der Waals surface area contributed by atoms with Crippen LogP contribution in [0.5, 0.6) is 0 Å². The summed E-state index contributed by atoms with van der Waals surface area (Å²) in [5, 5.41) is 16.1. The molecule has 0 atom stereocenters. The fourth-order valence-corrected chi connectivity index (χ4v) is 4.97. The third kappa shape index (κ3) is 6.48. The van der Waals surface area contributed by atoms with Crippen LogP contribution in [0.1, 0.15) is 58.3 Å². The van der Waals surface area contributed by atoms with E-state index in [9.17, 15) is 14.9 Å². The van der Waals surface area contributed by atoms with Gasteiger partial charge in [0.25, 0.3) is 0 Å². The van der Waals surface area contributed by atoms with Gasteiger partial charge in [-0.3, -0.25) is 0 Å². The second-order valence-electron chi connectivity index (χ2n) is 8.34. The van der Waals surface area contributed by atoms with E-state index >= 15 is 0 Å². The zero-order valence-corrected chi connectivity index (χ0v) is 22.3. The van der Waals surface area contributed by atoms with Gasteiger partial charge in [0.2, 0.25) is 0 Å². The number of nitriles is 1. The molecule has 0 aliphatic carbocycles. The Hall–Kier alpha value is -3.19. The highest BCUT2D eigenvalue weighted by molar-refractivity contribution is 7.18. The molecule has 0 bridgehead atoms. The number of nitrogens with zero attached hydrogens (tertiary/aromatic N) is 2. The predicted octanol–water partition coefficient (Wildman–Crippen LogP) is 6.94. The minimum atomic E-state index is -0.689. The molecule has 0 aliphatic heterocycles. The first-order valence-electron chi connectivity index (χ1n) is 10.7. The van der Waals surface area contributed by atoms with Crippen LogP contribution in [0.25, 0.3) is 16.8 Å². The number of anilines is 1. The lowest BCUT2D eigenvalue weighted by Crippen LogP contribution is -2.23. The van der Waals surface area contributed by atoms with Crippen LogP contribution in [0, 0.1) is 18.3 Å². The van der Waals surface area contributed by atoms with Crippen LogP contribution in [0.2, 0.25) is 5.02 Å². The Kier molecular flexibility index (Phi) is 8.33. The number of thiazole rings is 1. The Labute approximate surface area is 217 Å². The van der Waals surface area contributed by atoms with Crippen molar-refractivity contribution in [3.8, 4) is 17.3 Å². The Bertz CT molecular complexity index is 1310. The SMILES string of the molecule is CCOC(=O)c1c(N/C=C(/C#N)c2nc(-c3ccc(Cl)cc3)cs2)sc(C(=O)OC(C)(C)C)c1C. The lowest BCUT2D eigenvalue weighted by Gasteiger charge is -2.19. The van der Waals surface area contributed by atoms with Crippen LogP contribution < -0.4 is 5.32 Å². The minimum absolute atomic E-state index is 0.182. The van der Waals surface area contributed by atoms with Crippen LogP contribution in [-0.2, 0) is 9.47 Å². The third-order valence-corrected chi connectivity index (χ3v) is 6.88. The van der Waals surface area contributed by atoms with Crippen molar-refractivity contribution in [1.82, 2.24) is 4.98 Å². The molecular formula is C25H24ClN3O4S2. The minimum Gasteiger partial charge on any atom is -0.462 e. The molecule has 0 radical (unpaired) electrons. The van der Waals surface area contributed by atoms with Gasteiger partial charge in [-0.25, -0.2) is 14.6 Å². The summed E-state index contributed by atoms with van der Waals surface area (Å²) in [4.78, 5) is 30.2. The Balaban J connectivity index is 1.94. The van der Waals surface area contributed by atoms with E-state index in [2.05, 4.69) is 16.4 Å². The van der Waals surface area contributed by atoms with Gasteiger partial charge in [0, 0.05) is 22.2 Å². The molecule has 3 aromatic rings. The molecule has 1 N–H and O–H groups in total. The maximum absolute atomic E-state index is 12.7. The highest BCUT2D eigenvalue weighted by atomic mass is 35.5. The van der Waals surface area contributed by atoms with E-state index in [1.54, 1.807) is 46.8 Å². The smallest absolute Gasteiger partial charge is 0.349 e. The van der Waals surface area contributed by atoms with E-state index in [1.165, 1.54) is 17.5 Å². The summed E-state index contributed by atoms with van der Waals surface area (Å²) in [6, 6.07) is 9.39. The van der Waals surface area contributed by atoms with E-state index in [1.807, 2.05) is 17.5 Å². The average molecular weight is 530 g/mol. The second kappa shape index (κ2) is 11.0. The zero-order valence-electron chi connectivity index (χ0n) is 19.9. The molecule has 0 fully saturated rings. The van der Waals surface area contributed by atoms with Gasteiger partial charge in [-0.15, -0.1) is 22.7 Å². The molecule has 2 aromatic heterocycles. The number of rotatable bonds is 7. The molecule has 182 valence electrons.